The fraction of sp³-hybridized carbons (Fsp3) is 1.00. The van der Waals surface area contributed by atoms with E-state index in [4.69, 9.17) is 0 Å². The Labute approximate surface area is 84.1 Å². The highest BCUT2D eigenvalue weighted by atomic mass is 19.4. The molecule has 0 rings (SSSR count). The van der Waals surface area contributed by atoms with Gasteiger partial charge in [0.1, 0.15) is 0 Å². The SMILES string of the molecule is CCC[C@@H](CNC)C[C@H](C)C(F)(F)F. The van der Waals surface area contributed by atoms with Crippen molar-refractivity contribution in [1.82, 2.24) is 5.32 Å². The van der Waals surface area contributed by atoms with Gasteiger partial charge in [-0.1, -0.05) is 20.3 Å². The Morgan fingerprint density at radius 1 is 1.29 bits per heavy atom. The van der Waals surface area contributed by atoms with Gasteiger partial charge in [0, 0.05) is 0 Å². The van der Waals surface area contributed by atoms with Crippen LogP contribution in [0.5, 0.6) is 0 Å². The molecular formula is C10H20F3N. The summed E-state index contributed by atoms with van der Waals surface area (Å²) in [6.07, 6.45) is -2.00. The van der Waals surface area contributed by atoms with Crippen LogP contribution in [0.3, 0.4) is 0 Å². The fourth-order valence-electron chi connectivity index (χ4n) is 1.63. The van der Waals surface area contributed by atoms with Crippen molar-refractivity contribution in [3.8, 4) is 0 Å². The van der Waals surface area contributed by atoms with E-state index in [0.29, 0.717) is 6.54 Å². The molecular weight excluding hydrogens is 191 g/mol. The molecule has 1 nitrogen and oxygen atoms in total. The summed E-state index contributed by atoms with van der Waals surface area (Å²) in [5, 5.41) is 2.94. The predicted octanol–water partition coefficient (Wildman–Crippen LogP) is 3.21. The summed E-state index contributed by atoms with van der Waals surface area (Å²) in [5.74, 6) is -1.05. The molecule has 0 aliphatic rings. The normalized spacial score (nSPS) is 16.7. The smallest absolute Gasteiger partial charge is 0.319 e. The second-order valence-corrected chi connectivity index (χ2v) is 3.89. The zero-order valence-corrected chi connectivity index (χ0v) is 9.12. The molecule has 2 atom stereocenters. The summed E-state index contributed by atoms with van der Waals surface area (Å²) >= 11 is 0. The molecule has 0 saturated heterocycles. The average Bonchev–Trinajstić information content (AvgIpc) is 2.03. The van der Waals surface area contributed by atoms with E-state index in [1.807, 2.05) is 6.92 Å². The van der Waals surface area contributed by atoms with Crippen molar-refractivity contribution in [2.75, 3.05) is 13.6 Å². The molecule has 0 aliphatic carbocycles. The van der Waals surface area contributed by atoms with Crippen LogP contribution in [-0.4, -0.2) is 19.8 Å². The van der Waals surface area contributed by atoms with Gasteiger partial charge in [-0.15, -0.1) is 0 Å². The van der Waals surface area contributed by atoms with Gasteiger partial charge in [0.15, 0.2) is 0 Å². The molecule has 0 aromatic carbocycles. The maximum absolute atomic E-state index is 12.3. The van der Waals surface area contributed by atoms with Gasteiger partial charge in [0.05, 0.1) is 5.92 Å². The van der Waals surface area contributed by atoms with Crippen LogP contribution in [0.1, 0.15) is 33.1 Å². The third kappa shape index (κ3) is 5.47. The van der Waals surface area contributed by atoms with Crippen LogP contribution < -0.4 is 5.32 Å². The summed E-state index contributed by atoms with van der Waals surface area (Å²) in [4.78, 5) is 0. The maximum atomic E-state index is 12.3. The molecule has 0 saturated carbocycles. The molecule has 0 spiro atoms. The summed E-state index contributed by atoms with van der Waals surface area (Å²) < 4.78 is 36.8. The van der Waals surface area contributed by atoms with E-state index < -0.39 is 12.1 Å². The number of halogens is 3. The lowest BCUT2D eigenvalue weighted by molar-refractivity contribution is -0.174. The third-order valence-corrected chi connectivity index (χ3v) is 2.44. The molecule has 0 unspecified atom stereocenters. The Balaban J connectivity index is 4.01. The van der Waals surface area contributed by atoms with Crippen molar-refractivity contribution in [3.63, 3.8) is 0 Å². The zero-order valence-electron chi connectivity index (χ0n) is 9.12. The minimum absolute atomic E-state index is 0.140. The summed E-state index contributed by atoms with van der Waals surface area (Å²) in [6.45, 7) is 3.94. The van der Waals surface area contributed by atoms with Crippen LogP contribution >= 0.6 is 0 Å². The van der Waals surface area contributed by atoms with Crippen molar-refractivity contribution in [3.05, 3.63) is 0 Å². The Kier molecular flexibility index (Phi) is 6.16. The molecule has 0 aromatic heterocycles. The first-order chi connectivity index (χ1) is 6.41. The highest BCUT2D eigenvalue weighted by molar-refractivity contribution is 4.69. The van der Waals surface area contributed by atoms with Crippen LogP contribution in [0.25, 0.3) is 0 Å². The van der Waals surface area contributed by atoms with Gasteiger partial charge in [0.25, 0.3) is 0 Å². The molecule has 0 aromatic rings. The van der Waals surface area contributed by atoms with Gasteiger partial charge in [-0.2, -0.15) is 13.2 Å². The van der Waals surface area contributed by atoms with E-state index in [1.54, 1.807) is 7.05 Å². The van der Waals surface area contributed by atoms with Crippen molar-refractivity contribution < 1.29 is 13.2 Å². The largest absolute Gasteiger partial charge is 0.391 e. The molecule has 86 valence electrons. The number of nitrogens with one attached hydrogen (secondary N) is 1. The molecule has 0 amide bonds. The second kappa shape index (κ2) is 6.27. The molecule has 4 heteroatoms. The standard InChI is InChI=1S/C10H20F3N/c1-4-5-9(7-14-3)6-8(2)10(11,12)13/h8-9,14H,4-7H2,1-3H3/t8-,9+/m0/s1. The third-order valence-electron chi connectivity index (χ3n) is 2.44. The molecule has 0 radical (unpaired) electrons. The molecule has 0 bridgehead atoms. The summed E-state index contributed by atoms with van der Waals surface area (Å²) in [5.41, 5.74) is 0. The van der Waals surface area contributed by atoms with Crippen LogP contribution in [0.4, 0.5) is 13.2 Å². The van der Waals surface area contributed by atoms with E-state index in [9.17, 15) is 13.2 Å². The predicted molar refractivity (Wildman–Crippen MR) is 52.2 cm³/mol. The lowest BCUT2D eigenvalue weighted by Gasteiger charge is -2.22. The number of hydrogen-bond acceptors (Lipinski definition) is 1. The van der Waals surface area contributed by atoms with Crippen LogP contribution in [0, 0.1) is 11.8 Å². The lowest BCUT2D eigenvalue weighted by Crippen LogP contribution is -2.27. The number of rotatable bonds is 6. The second-order valence-electron chi connectivity index (χ2n) is 3.89. The Morgan fingerprint density at radius 3 is 2.21 bits per heavy atom. The van der Waals surface area contributed by atoms with Crippen LogP contribution in [0.2, 0.25) is 0 Å². The van der Waals surface area contributed by atoms with Crippen molar-refractivity contribution in [1.29, 1.82) is 0 Å². The van der Waals surface area contributed by atoms with Gasteiger partial charge in [-0.3, -0.25) is 0 Å². The van der Waals surface area contributed by atoms with Gasteiger partial charge < -0.3 is 5.32 Å². The van der Waals surface area contributed by atoms with E-state index in [0.717, 1.165) is 12.8 Å². The summed E-state index contributed by atoms with van der Waals surface area (Å²) in [6, 6.07) is 0. The number of alkyl halides is 3. The Bertz CT molecular complexity index is 139. The monoisotopic (exact) mass is 211 g/mol. The van der Waals surface area contributed by atoms with Crippen LogP contribution in [-0.2, 0) is 0 Å². The first-order valence-corrected chi connectivity index (χ1v) is 5.13. The van der Waals surface area contributed by atoms with E-state index in [1.165, 1.54) is 6.92 Å². The van der Waals surface area contributed by atoms with Gasteiger partial charge >= 0.3 is 6.18 Å². The van der Waals surface area contributed by atoms with Gasteiger partial charge in [0.2, 0.25) is 0 Å². The first kappa shape index (κ1) is 13.8. The molecule has 14 heavy (non-hydrogen) atoms. The molecule has 0 heterocycles. The molecule has 1 N–H and O–H groups in total. The molecule has 0 aliphatic heterocycles. The number of hydrogen-bond donors (Lipinski definition) is 1. The van der Waals surface area contributed by atoms with E-state index in [-0.39, 0.29) is 12.3 Å². The maximum Gasteiger partial charge on any atom is 0.391 e. The molecule has 0 fully saturated rings. The van der Waals surface area contributed by atoms with Crippen molar-refractivity contribution in [2.24, 2.45) is 11.8 Å². The van der Waals surface area contributed by atoms with E-state index >= 15 is 0 Å². The minimum atomic E-state index is -4.04. The van der Waals surface area contributed by atoms with Crippen molar-refractivity contribution >= 4 is 0 Å². The van der Waals surface area contributed by atoms with Crippen molar-refractivity contribution in [2.45, 2.75) is 39.3 Å². The Morgan fingerprint density at radius 2 is 1.86 bits per heavy atom. The lowest BCUT2D eigenvalue weighted by atomic mass is 9.92. The average molecular weight is 211 g/mol. The highest BCUT2D eigenvalue weighted by Gasteiger charge is 2.36. The Hall–Kier alpha value is -0.250. The van der Waals surface area contributed by atoms with Crippen LogP contribution in [0.15, 0.2) is 0 Å². The van der Waals surface area contributed by atoms with Gasteiger partial charge in [-0.05, 0) is 32.4 Å². The quantitative estimate of drug-likeness (QED) is 0.711. The minimum Gasteiger partial charge on any atom is -0.319 e. The zero-order chi connectivity index (χ0) is 11.2. The summed E-state index contributed by atoms with van der Waals surface area (Å²) in [7, 11) is 1.78. The van der Waals surface area contributed by atoms with E-state index in [2.05, 4.69) is 5.32 Å². The first-order valence-electron chi connectivity index (χ1n) is 5.13. The fourth-order valence-corrected chi connectivity index (χ4v) is 1.63. The van der Waals surface area contributed by atoms with Gasteiger partial charge in [-0.25, -0.2) is 0 Å². The highest BCUT2D eigenvalue weighted by Crippen LogP contribution is 2.31. The topological polar surface area (TPSA) is 12.0 Å².